The molecule has 5 aromatic rings. The Morgan fingerprint density at radius 2 is 1.62 bits per heavy atom. The number of phenolic OH excluding ortho intramolecular Hbond substituents is 2. The molecule has 3 aromatic carbocycles. The van der Waals surface area contributed by atoms with Crippen LogP contribution in [0.5, 0.6) is 11.5 Å². The Balaban J connectivity index is 0.630. The molecule has 0 saturated carbocycles. The highest BCUT2D eigenvalue weighted by Crippen LogP contribution is 2.54. The Labute approximate surface area is 582 Å². The Bertz CT molecular complexity index is 3960. The minimum Gasteiger partial charge on any atom is -0.507 e. The molecule has 0 radical (unpaired) electrons. The van der Waals surface area contributed by atoms with E-state index in [1.165, 1.54) is 52.1 Å². The first kappa shape index (κ1) is 74.8. The molecular formula is C68H83N9O21S2. The second-order valence-corrected chi connectivity index (χ2v) is 28.3. The van der Waals surface area contributed by atoms with Gasteiger partial charge in [0.15, 0.2) is 41.6 Å². The number of hydrogen-bond donors (Lipinski definition) is 9. The standard InChI is InChI=1S/C68H83N9O21S2/c1-8-68(89)27-48(53-42(55(68)66(88)91-7)24-43-54(59(53)84)58(83)52-41(57(43)82)12-9-13-46(52)80)95-50-25-45(77(5)6)60(33(3)93-50)97-51-26-47(81)61(34(4)94-51)96-49-19-18-44(32(2)92-49)72-30-40(79)20-22-99-100-31-36(65(87)98-90)23-39(78)11-10-21-70-63(85)35-14-16-37(17-15-35)71-28-38-29-73-62-56(74-38)64(86)76-67(69)75-62/h9,12-17,24,29,32-34,36,45,47-51,55,60-61,71,80-81,84,89-90H,8,10-11,18-23,25-28,30-31H2,1-7H3,(H,70,85)(H3,69,73,75,76,86)/t32?,33?,34?,36?,45?,47?,48-,49-,50-,51-,55-,60+,61+,68+/m0/s1. The largest absolute Gasteiger partial charge is 0.507 e. The summed E-state index contributed by atoms with van der Waals surface area (Å²) in [5.41, 5.74) is 4.76. The molecule has 14 atom stereocenters. The molecule has 2 aromatic heterocycles. The molecule has 3 fully saturated rings. The molecule has 30 nitrogen and oxygen atoms in total. The van der Waals surface area contributed by atoms with Crippen LogP contribution in [0.15, 0.2) is 64.5 Å². The molecule has 3 saturated heterocycles. The van der Waals surface area contributed by atoms with Gasteiger partial charge in [-0.05, 0) is 96.1 Å². The number of nitrogens with two attached hydrogens (primary N) is 1. The number of ether oxygens (including phenoxy) is 7. The third-order valence-corrected chi connectivity index (χ3v) is 21.1. The van der Waals surface area contributed by atoms with E-state index in [4.69, 9.17) is 44.1 Å². The van der Waals surface area contributed by atoms with Gasteiger partial charge in [0.25, 0.3) is 11.5 Å². The van der Waals surface area contributed by atoms with Crippen LogP contribution in [0.1, 0.15) is 163 Å². The van der Waals surface area contributed by atoms with Crippen molar-refractivity contribution in [2.45, 2.75) is 178 Å². The van der Waals surface area contributed by atoms with Crippen molar-refractivity contribution in [2.75, 3.05) is 56.9 Å². The molecule has 5 aliphatic rings. The van der Waals surface area contributed by atoms with Crippen molar-refractivity contribution in [3.05, 3.63) is 110 Å². The monoisotopic (exact) mass is 1430 g/mol. The first-order chi connectivity index (χ1) is 47.8. The summed E-state index contributed by atoms with van der Waals surface area (Å²) < 4.78 is 43.8. The number of phenols is 2. The highest BCUT2D eigenvalue weighted by Gasteiger charge is 2.54. The van der Waals surface area contributed by atoms with E-state index in [0.29, 0.717) is 47.7 Å². The van der Waals surface area contributed by atoms with E-state index in [1.807, 2.05) is 19.0 Å². The number of rotatable bonds is 28. The predicted molar refractivity (Wildman–Crippen MR) is 363 cm³/mol. The van der Waals surface area contributed by atoms with Crippen molar-refractivity contribution < 1.29 is 97.3 Å². The molecule has 538 valence electrons. The number of nitrogen functional groups attached to an aromatic ring is 1. The van der Waals surface area contributed by atoms with Gasteiger partial charge >= 0.3 is 11.9 Å². The third kappa shape index (κ3) is 17.0. The molecule has 10 N–H and O–H groups in total. The lowest BCUT2D eigenvalue weighted by Gasteiger charge is -2.48. The zero-order valence-electron chi connectivity index (χ0n) is 56.2. The zero-order valence-corrected chi connectivity index (χ0v) is 57.8. The van der Waals surface area contributed by atoms with Crippen molar-refractivity contribution in [2.24, 2.45) is 10.9 Å². The second-order valence-electron chi connectivity index (χ2n) is 25.6. The van der Waals surface area contributed by atoms with E-state index < -0.39 is 126 Å². The van der Waals surface area contributed by atoms with Gasteiger partial charge in [-0.1, -0.05) is 40.6 Å². The summed E-state index contributed by atoms with van der Waals surface area (Å²) in [5.74, 6) is -6.96. The molecule has 2 aliphatic carbocycles. The number of aromatic hydroxyl groups is 2. The number of aliphatic hydroxyl groups is 2. The highest BCUT2D eigenvalue weighted by atomic mass is 33.1. The average molecular weight is 1430 g/mol. The molecule has 100 heavy (non-hydrogen) atoms. The number of fused-ring (bicyclic) bond motifs is 4. The van der Waals surface area contributed by atoms with Crippen LogP contribution in [-0.2, 0) is 63.8 Å². The molecule has 3 aliphatic heterocycles. The van der Waals surface area contributed by atoms with Crippen LogP contribution < -0.4 is 21.9 Å². The van der Waals surface area contributed by atoms with E-state index in [2.05, 4.69) is 40.4 Å². The first-order valence-corrected chi connectivity index (χ1v) is 35.5. The summed E-state index contributed by atoms with van der Waals surface area (Å²) in [5, 5.41) is 61.8. The average Bonchev–Trinajstić information content (AvgIpc) is 0.711. The number of anilines is 2. The minimum absolute atomic E-state index is 0.00567. The van der Waals surface area contributed by atoms with Gasteiger partial charge in [0.05, 0.1) is 85.3 Å². The number of aromatic amines is 1. The number of nitrogens with one attached hydrogen (secondary N) is 3. The Kier molecular flexibility index (Phi) is 24.6. The highest BCUT2D eigenvalue weighted by molar-refractivity contribution is 8.76. The van der Waals surface area contributed by atoms with Crippen molar-refractivity contribution in [3.8, 4) is 11.5 Å². The maximum absolute atomic E-state index is 14.1. The number of Topliss-reactive ketones (excluding diaryl/α,β-unsaturated/α-hetero) is 2. The molecular weight excluding hydrogens is 1340 g/mol. The molecule has 10 rings (SSSR count). The van der Waals surface area contributed by atoms with Gasteiger partial charge in [-0.2, -0.15) is 10.2 Å². The minimum atomic E-state index is -1.81. The molecule has 0 spiro atoms. The summed E-state index contributed by atoms with van der Waals surface area (Å²) in [6.07, 6.45) is -5.48. The number of carbonyl (C=O) groups is 7. The van der Waals surface area contributed by atoms with E-state index in [-0.39, 0.29) is 138 Å². The van der Waals surface area contributed by atoms with Gasteiger partial charge in [-0.25, -0.2) is 14.8 Å². The van der Waals surface area contributed by atoms with Crippen molar-refractivity contribution in [3.63, 3.8) is 0 Å². The van der Waals surface area contributed by atoms with Crippen LogP contribution in [-0.4, -0.2) is 210 Å². The SMILES string of the molecule is CC[C@@]1(O)C[C@H](O[C@H]2CC(N(C)C)[C@H](O[C@H]3CC(O)[C@H](O[C@H]4CCC(=NCC(=O)CCSSCC(CC(=O)CCCNC(=O)c5ccc(NCc6cnc7nc(N)[nH]c(=O)c7n6)cc5)C(=O)OO)C(C)O4)C(C)O3)C(C)O2)c2c(cc3c(c2O)C(=O)c2c(O)cccc2C3=O)[C@H]1C(=O)OC. The lowest BCUT2D eigenvalue weighted by Crippen LogP contribution is -2.58. The number of likely N-dealkylation sites (N-methyl/N-ethyl adjacent to an activating group) is 1. The summed E-state index contributed by atoms with van der Waals surface area (Å²) in [6, 6.07) is 11.6. The quantitative estimate of drug-likeness (QED) is 0.00976. The fourth-order valence-corrected chi connectivity index (χ4v) is 15.7. The Hall–Kier alpha value is -7.86. The summed E-state index contributed by atoms with van der Waals surface area (Å²) in [4.78, 5) is 130. The fraction of sp³-hybridized carbons (Fsp3) is 0.529. The van der Waals surface area contributed by atoms with E-state index in [0.717, 1.165) is 7.11 Å². The first-order valence-electron chi connectivity index (χ1n) is 33.0. The normalized spacial score (nSPS) is 26.5. The Morgan fingerprint density at radius 1 is 0.890 bits per heavy atom. The number of ketones is 4. The van der Waals surface area contributed by atoms with Gasteiger partial charge < -0.3 is 79.7 Å². The van der Waals surface area contributed by atoms with E-state index in [1.54, 1.807) is 52.0 Å². The van der Waals surface area contributed by atoms with Crippen LogP contribution in [0, 0.1) is 5.92 Å². The van der Waals surface area contributed by atoms with Gasteiger partial charge in [0, 0.05) is 103 Å². The van der Waals surface area contributed by atoms with Crippen molar-refractivity contribution in [1.29, 1.82) is 0 Å². The van der Waals surface area contributed by atoms with E-state index in [9.17, 15) is 58.8 Å². The smallest absolute Gasteiger partial charge is 0.346 e. The number of nitrogens with zero attached hydrogens (tertiary/aromatic N) is 5. The van der Waals surface area contributed by atoms with Gasteiger partial charge in [-0.15, -0.1) is 0 Å². The van der Waals surface area contributed by atoms with Crippen LogP contribution in [0.3, 0.4) is 0 Å². The molecule has 1 amide bonds. The van der Waals surface area contributed by atoms with Crippen LogP contribution >= 0.6 is 21.6 Å². The maximum Gasteiger partial charge on any atom is 0.346 e. The topological polar surface area (TPSA) is 432 Å². The summed E-state index contributed by atoms with van der Waals surface area (Å²) >= 11 is 0. The number of aliphatic hydroxyl groups excluding tert-OH is 1. The lowest BCUT2D eigenvalue weighted by atomic mass is 9.67. The second kappa shape index (κ2) is 32.9. The summed E-state index contributed by atoms with van der Waals surface area (Å²) in [6.45, 7) is 7.38. The van der Waals surface area contributed by atoms with Crippen LogP contribution in [0.25, 0.3) is 11.2 Å². The third-order valence-electron chi connectivity index (χ3n) is 18.7. The molecule has 6 unspecified atom stereocenters. The lowest BCUT2D eigenvalue weighted by molar-refractivity contribution is -0.324. The predicted octanol–water partition coefficient (Wildman–Crippen LogP) is 5.39. The van der Waals surface area contributed by atoms with Crippen LogP contribution in [0.2, 0.25) is 0 Å². The number of benzene rings is 3. The van der Waals surface area contributed by atoms with Crippen molar-refractivity contribution in [1.82, 2.24) is 30.2 Å². The number of amides is 1. The number of esters is 1. The van der Waals surface area contributed by atoms with Crippen molar-refractivity contribution >= 4 is 91.1 Å². The zero-order chi connectivity index (χ0) is 71.9. The van der Waals surface area contributed by atoms with Gasteiger partial charge in [0.1, 0.15) is 35.4 Å². The number of hydrogen-bond acceptors (Lipinski definition) is 30. The maximum atomic E-state index is 14.1. The van der Waals surface area contributed by atoms with Crippen LogP contribution in [0.4, 0.5) is 11.6 Å². The number of H-pyrrole nitrogens is 1. The summed E-state index contributed by atoms with van der Waals surface area (Å²) in [7, 11) is 7.45. The fourth-order valence-electron chi connectivity index (χ4n) is 13.3. The van der Waals surface area contributed by atoms with Gasteiger partial charge in [0.2, 0.25) is 11.7 Å². The number of carbonyl (C=O) groups excluding carboxylic acids is 7. The number of aromatic nitrogens is 4. The molecule has 5 heterocycles. The number of methoxy groups -OCH3 is 1. The molecule has 32 heteroatoms. The van der Waals surface area contributed by atoms with E-state index >= 15 is 0 Å². The van der Waals surface area contributed by atoms with Gasteiger partial charge in [-0.3, -0.25) is 43.5 Å². The Morgan fingerprint density at radius 3 is 2.32 bits per heavy atom. The molecule has 0 bridgehead atoms. The number of aliphatic imine (C=N–C) groups is 1.